The highest BCUT2D eigenvalue weighted by Crippen LogP contribution is 2.37. The van der Waals surface area contributed by atoms with E-state index in [2.05, 4.69) is 15.9 Å². The molecule has 2 heterocycles. The Morgan fingerprint density at radius 2 is 1.66 bits per heavy atom. The molecule has 2 aliphatic rings. The number of carbonyl (C=O) groups excluding carboxylic acids is 1. The van der Waals surface area contributed by atoms with Crippen LogP contribution in [-0.4, -0.2) is 43.2 Å². The van der Waals surface area contributed by atoms with Gasteiger partial charge >= 0.3 is 0 Å². The first-order valence-electron chi connectivity index (χ1n) is 10.1. The SMILES string of the molecule is O=C(C[C@H]1c2ccccc2CCN1S(=O)(=O)c1ccc(Br)cc1)N1CCCCC1. The number of nitrogens with zero attached hydrogens (tertiary/aromatic N) is 2. The van der Waals surface area contributed by atoms with Crippen LogP contribution in [0.2, 0.25) is 0 Å². The van der Waals surface area contributed by atoms with Crippen LogP contribution in [0.15, 0.2) is 57.9 Å². The second-order valence-electron chi connectivity index (χ2n) is 7.68. The van der Waals surface area contributed by atoms with E-state index in [0.717, 1.165) is 48.0 Å². The molecular weight excluding hydrogens is 452 g/mol. The standard InChI is InChI=1S/C22H25BrN2O3S/c23-18-8-10-19(11-9-18)29(27,28)25-15-12-17-6-2-3-7-20(17)21(25)16-22(26)24-13-4-1-5-14-24/h2-3,6-11,21H,1,4-5,12-16H2/t21-/m0/s1. The fraction of sp³-hybridized carbons (Fsp3) is 0.409. The number of rotatable bonds is 4. The largest absolute Gasteiger partial charge is 0.343 e. The van der Waals surface area contributed by atoms with Crippen molar-refractivity contribution in [2.24, 2.45) is 0 Å². The van der Waals surface area contributed by atoms with Gasteiger partial charge in [-0.15, -0.1) is 0 Å². The number of hydrogen-bond donors (Lipinski definition) is 0. The van der Waals surface area contributed by atoms with E-state index in [1.807, 2.05) is 29.2 Å². The van der Waals surface area contributed by atoms with Gasteiger partial charge < -0.3 is 4.90 Å². The summed E-state index contributed by atoms with van der Waals surface area (Å²) in [6.07, 6.45) is 4.04. The van der Waals surface area contributed by atoms with Crippen LogP contribution in [0.25, 0.3) is 0 Å². The van der Waals surface area contributed by atoms with Crippen LogP contribution in [0.5, 0.6) is 0 Å². The Balaban J connectivity index is 1.68. The molecule has 1 amide bonds. The van der Waals surface area contributed by atoms with Crippen molar-refractivity contribution in [1.29, 1.82) is 0 Å². The first-order valence-corrected chi connectivity index (χ1v) is 12.3. The Labute approximate surface area is 180 Å². The monoisotopic (exact) mass is 476 g/mol. The Bertz CT molecular complexity index is 985. The highest BCUT2D eigenvalue weighted by Gasteiger charge is 2.38. The maximum atomic E-state index is 13.5. The van der Waals surface area contributed by atoms with E-state index in [0.29, 0.717) is 13.0 Å². The van der Waals surface area contributed by atoms with Gasteiger partial charge in [0, 0.05) is 30.5 Å². The van der Waals surface area contributed by atoms with Crippen molar-refractivity contribution >= 4 is 31.9 Å². The van der Waals surface area contributed by atoms with Gasteiger partial charge in [-0.2, -0.15) is 4.31 Å². The fourth-order valence-corrected chi connectivity index (χ4v) is 6.18. The number of carbonyl (C=O) groups is 1. The molecular formula is C22H25BrN2O3S. The molecule has 0 saturated carbocycles. The minimum atomic E-state index is -3.71. The molecule has 2 aromatic rings. The predicted octanol–water partition coefficient (Wildman–Crippen LogP) is 4.14. The summed E-state index contributed by atoms with van der Waals surface area (Å²) in [5.41, 5.74) is 2.08. The van der Waals surface area contributed by atoms with Crippen molar-refractivity contribution in [3.63, 3.8) is 0 Å². The van der Waals surface area contributed by atoms with Crippen LogP contribution >= 0.6 is 15.9 Å². The van der Waals surface area contributed by atoms with Gasteiger partial charge in [0.25, 0.3) is 0 Å². The van der Waals surface area contributed by atoms with Crippen molar-refractivity contribution in [3.8, 4) is 0 Å². The molecule has 1 atom stereocenters. The van der Waals surface area contributed by atoms with Crippen LogP contribution < -0.4 is 0 Å². The van der Waals surface area contributed by atoms with E-state index < -0.39 is 16.1 Å². The summed E-state index contributed by atoms with van der Waals surface area (Å²) in [5.74, 6) is 0.0439. The Kier molecular flexibility index (Phi) is 6.08. The molecule has 1 saturated heterocycles. The van der Waals surface area contributed by atoms with Crippen molar-refractivity contribution < 1.29 is 13.2 Å². The normalized spacial score (nSPS) is 20.3. The van der Waals surface area contributed by atoms with E-state index in [4.69, 9.17) is 0 Å². The highest BCUT2D eigenvalue weighted by molar-refractivity contribution is 9.10. The zero-order valence-corrected chi connectivity index (χ0v) is 18.7. The lowest BCUT2D eigenvalue weighted by molar-refractivity contribution is -0.133. The fourth-order valence-electron chi connectivity index (χ4n) is 4.31. The maximum absolute atomic E-state index is 13.5. The molecule has 0 aromatic heterocycles. The number of sulfonamides is 1. The van der Waals surface area contributed by atoms with Crippen molar-refractivity contribution in [3.05, 3.63) is 64.1 Å². The number of benzene rings is 2. The molecule has 154 valence electrons. The van der Waals surface area contributed by atoms with E-state index in [1.165, 1.54) is 4.31 Å². The van der Waals surface area contributed by atoms with E-state index in [1.54, 1.807) is 24.3 Å². The van der Waals surface area contributed by atoms with Gasteiger partial charge in [0.1, 0.15) is 0 Å². The number of likely N-dealkylation sites (tertiary alicyclic amines) is 1. The van der Waals surface area contributed by atoms with Crippen LogP contribution in [0.4, 0.5) is 0 Å². The molecule has 5 nitrogen and oxygen atoms in total. The summed E-state index contributed by atoms with van der Waals surface area (Å²) >= 11 is 3.36. The molecule has 7 heteroatoms. The number of fused-ring (bicyclic) bond motifs is 1. The van der Waals surface area contributed by atoms with E-state index in [9.17, 15) is 13.2 Å². The molecule has 4 rings (SSSR count). The lowest BCUT2D eigenvalue weighted by Crippen LogP contribution is -2.43. The van der Waals surface area contributed by atoms with Gasteiger partial charge in [-0.05, 0) is 61.1 Å². The number of halogens is 1. The molecule has 0 radical (unpaired) electrons. The van der Waals surface area contributed by atoms with Crippen molar-refractivity contribution in [1.82, 2.24) is 9.21 Å². The molecule has 2 aromatic carbocycles. The molecule has 0 aliphatic carbocycles. The molecule has 0 spiro atoms. The summed E-state index contributed by atoms with van der Waals surface area (Å²) in [4.78, 5) is 15.2. The third-order valence-electron chi connectivity index (χ3n) is 5.86. The Morgan fingerprint density at radius 3 is 2.38 bits per heavy atom. The van der Waals surface area contributed by atoms with Gasteiger partial charge in [-0.3, -0.25) is 4.79 Å². The van der Waals surface area contributed by atoms with Gasteiger partial charge in [-0.1, -0.05) is 40.2 Å². The van der Waals surface area contributed by atoms with Gasteiger partial charge in [0.05, 0.1) is 10.9 Å². The average Bonchev–Trinajstić information content (AvgIpc) is 2.74. The molecule has 0 bridgehead atoms. The zero-order chi connectivity index (χ0) is 20.4. The van der Waals surface area contributed by atoms with Crippen LogP contribution in [0.1, 0.15) is 42.9 Å². The maximum Gasteiger partial charge on any atom is 0.243 e. The van der Waals surface area contributed by atoms with Gasteiger partial charge in [-0.25, -0.2) is 8.42 Å². The molecule has 1 fully saturated rings. The quantitative estimate of drug-likeness (QED) is 0.665. The second kappa shape index (κ2) is 8.58. The average molecular weight is 477 g/mol. The second-order valence-corrected chi connectivity index (χ2v) is 10.5. The summed E-state index contributed by atoms with van der Waals surface area (Å²) in [6, 6.07) is 14.1. The summed E-state index contributed by atoms with van der Waals surface area (Å²) in [5, 5.41) is 0. The topological polar surface area (TPSA) is 57.7 Å². The smallest absolute Gasteiger partial charge is 0.243 e. The van der Waals surface area contributed by atoms with Crippen LogP contribution in [-0.2, 0) is 21.2 Å². The predicted molar refractivity (Wildman–Crippen MR) is 116 cm³/mol. The summed E-state index contributed by atoms with van der Waals surface area (Å²) < 4.78 is 29.3. The van der Waals surface area contributed by atoms with E-state index >= 15 is 0 Å². The minimum absolute atomic E-state index is 0.0439. The molecule has 2 aliphatic heterocycles. The molecule has 0 N–H and O–H groups in total. The van der Waals surface area contributed by atoms with Gasteiger partial charge in [0.2, 0.25) is 15.9 Å². The third-order valence-corrected chi connectivity index (χ3v) is 8.31. The summed E-state index contributed by atoms with van der Waals surface area (Å²) in [7, 11) is -3.71. The minimum Gasteiger partial charge on any atom is -0.343 e. The Hall–Kier alpha value is -1.70. The summed E-state index contributed by atoms with van der Waals surface area (Å²) in [6.45, 7) is 1.92. The lowest BCUT2D eigenvalue weighted by atomic mass is 9.92. The first-order chi connectivity index (χ1) is 14.0. The zero-order valence-electron chi connectivity index (χ0n) is 16.3. The lowest BCUT2D eigenvalue weighted by Gasteiger charge is -2.37. The molecule has 29 heavy (non-hydrogen) atoms. The first kappa shape index (κ1) is 20.6. The number of hydrogen-bond acceptors (Lipinski definition) is 3. The van der Waals surface area contributed by atoms with Gasteiger partial charge in [0.15, 0.2) is 0 Å². The third kappa shape index (κ3) is 4.27. The molecule has 0 unspecified atom stereocenters. The Morgan fingerprint density at radius 1 is 0.966 bits per heavy atom. The van der Waals surface area contributed by atoms with Crippen LogP contribution in [0, 0.1) is 0 Å². The highest BCUT2D eigenvalue weighted by atomic mass is 79.9. The number of piperidine rings is 1. The van der Waals surface area contributed by atoms with E-state index in [-0.39, 0.29) is 17.2 Å². The van der Waals surface area contributed by atoms with Crippen LogP contribution in [0.3, 0.4) is 0 Å². The number of amides is 1. The van der Waals surface area contributed by atoms with Crippen molar-refractivity contribution in [2.75, 3.05) is 19.6 Å². The van der Waals surface area contributed by atoms with Crippen molar-refractivity contribution in [2.45, 2.75) is 43.0 Å².